The highest BCUT2D eigenvalue weighted by Crippen LogP contribution is 2.18. The molecule has 0 spiro atoms. The number of aliphatic carboxylic acids is 1. The maximum Gasteiger partial charge on any atom is 0.317 e. The Bertz CT molecular complexity index is 457. The number of amides is 2. The van der Waals surface area contributed by atoms with E-state index in [1.54, 1.807) is 29.4 Å². The summed E-state index contributed by atoms with van der Waals surface area (Å²) in [5, 5.41) is 14.3. The fraction of sp³-hybridized carbons (Fsp3) is 0.583. The molecule has 1 saturated heterocycles. The topological polar surface area (TPSA) is 85.8 Å². The second kappa shape index (κ2) is 6.56. The lowest BCUT2D eigenvalue weighted by molar-refractivity contribution is -0.140. The van der Waals surface area contributed by atoms with Crippen molar-refractivity contribution in [3.05, 3.63) is 11.6 Å². The SMILES string of the molecule is CC(CNC(=O)N1CCN(c2nccs2)CC1)C(=O)O. The van der Waals surface area contributed by atoms with Crippen molar-refractivity contribution < 1.29 is 14.7 Å². The van der Waals surface area contributed by atoms with Gasteiger partial charge >= 0.3 is 12.0 Å². The number of nitrogens with zero attached hydrogens (tertiary/aromatic N) is 3. The zero-order chi connectivity index (χ0) is 14.5. The van der Waals surface area contributed by atoms with Crippen LogP contribution < -0.4 is 10.2 Å². The van der Waals surface area contributed by atoms with Crippen LogP contribution in [0.2, 0.25) is 0 Å². The van der Waals surface area contributed by atoms with Gasteiger partial charge in [-0.15, -0.1) is 11.3 Å². The number of carbonyl (C=O) groups is 2. The van der Waals surface area contributed by atoms with Gasteiger partial charge in [-0.25, -0.2) is 9.78 Å². The van der Waals surface area contributed by atoms with Gasteiger partial charge in [0, 0.05) is 44.3 Å². The van der Waals surface area contributed by atoms with Crippen LogP contribution in [0, 0.1) is 5.92 Å². The van der Waals surface area contributed by atoms with E-state index in [9.17, 15) is 9.59 Å². The Kier molecular flexibility index (Phi) is 4.78. The van der Waals surface area contributed by atoms with Crippen molar-refractivity contribution in [2.75, 3.05) is 37.6 Å². The number of anilines is 1. The molecule has 2 amide bonds. The van der Waals surface area contributed by atoms with Crippen molar-refractivity contribution in [3.8, 4) is 0 Å². The average Bonchev–Trinajstić information content (AvgIpc) is 2.98. The molecule has 2 rings (SSSR count). The first-order valence-corrected chi connectivity index (χ1v) is 7.36. The lowest BCUT2D eigenvalue weighted by atomic mass is 10.2. The monoisotopic (exact) mass is 298 g/mol. The van der Waals surface area contributed by atoms with Gasteiger partial charge in [0.15, 0.2) is 5.13 Å². The minimum Gasteiger partial charge on any atom is -0.481 e. The average molecular weight is 298 g/mol. The zero-order valence-electron chi connectivity index (χ0n) is 11.3. The number of carboxylic acids is 1. The van der Waals surface area contributed by atoms with Gasteiger partial charge in [0.05, 0.1) is 5.92 Å². The lowest BCUT2D eigenvalue weighted by Crippen LogP contribution is -2.52. The number of aromatic nitrogens is 1. The summed E-state index contributed by atoms with van der Waals surface area (Å²) in [6.07, 6.45) is 1.77. The van der Waals surface area contributed by atoms with Crippen molar-refractivity contribution in [1.29, 1.82) is 0 Å². The molecule has 1 aliphatic heterocycles. The van der Waals surface area contributed by atoms with Gasteiger partial charge in [-0.3, -0.25) is 4.79 Å². The Labute approximate surface area is 121 Å². The van der Waals surface area contributed by atoms with Gasteiger partial charge < -0.3 is 20.2 Å². The largest absolute Gasteiger partial charge is 0.481 e. The van der Waals surface area contributed by atoms with Crippen LogP contribution in [0.4, 0.5) is 9.93 Å². The third-order valence-electron chi connectivity index (χ3n) is 3.24. The second-order valence-electron chi connectivity index (χ2n) is 4.71. The van der Waals surface area contributed by atoms with Gasteiger partial charge in [0.25, 0.3) is 0 Å². The van der Waals surface area contributed by atoms with E-state index in [1.165, 1.54) is 0 Å². The van der Waals surface area contributed by atoms with Crippen LogP contribution in [0.5, 0.6) is 0 Å². The standard InChI is InChI=1S/C12H18N4O3S/c1-9(10(17)18)8-14-11(19)15-3-5-16(6-4-15)12-13-2-7-20-12/h2,7,9H,3-6,8H2,1H3,(H,14,19)(H,17,18). The summed E-state index contributed by atoms with van der Waals surface area (Å²) in [7, 11) is 0. The first-order chi connectivity index (χ1) is 9.58. The molecule has 0 bridgehead atoms. The van der Waals surface area contributed by atoms with Crippen LogP contribution in [0.3, 0.4) is 0 Å². The van der Waals surface area contributed by atoms with Crippen LogP contribution in [0.25, 0.3) is 0 Å². The fourth-order valence-corrected chi connectivity index (χ4v) is 2.61. The second-order valence-corrected chi connectivity index (χ2v) is 5.59. The number of hydrogen-bond donors (Lipinski definition) is 2. The molecule has 0 radical (unpaired) electrons. The molecule has 2 heterocycles. The molecule has 20 heavy (non-hydrogen) atoms. The van der Waals surface area contributed by atoms with Crippen molar-refractivity contribution >= 4 is 28.5 Å². The van der Waals surface area contributed by atoms with Crippen LogP contribution in [0.15, 0.2) is 11.6 Å². The molecule has 7 nitrogen and oxygen atoms in total. The van der Waals surface area contributed by atoms with Crippen LogP contribution >= 0.6 is 11.3 Å². The molecule has 0 aliphatic carbocycles. The highest BCUT2D eigenvalue weighted by atomic mass is 32.1. The molecule has 1 unspecified atom stereocenters. The maximum atomic E-state index is 11.9. The zero-order valence-corrected chi connectivity index (χ0v) is 12.1. The van der Waals surface area contributed by atoms with E-state index in [0.29, 0.717) is 13.1 Å². The molecular formula is C12H18N4O3S. The van der Waals surface area contributed by atoms with E-state index < -0.39 is 11.9 Å². The minimum absolute atomic E-state index is 0.154. The van der Waals surface area contributed by atoms with Crippen molar-refractivity contribution in [1.82, 2.24) is 15.2 Å². The minimum atomic E-state index is -0.904. The number of urea groups is 1. The number of nitrogens with one attached hydrogen (secondary N) is 1. The Morgan fingerprint density at radius 3 is 2.70 bits per heavy atom. The summed E-state index contributed by atoms with van der Waals surface area (Å²) in [5.41, 5.74) is 0. The molecule has 0 saturated carbocycles. The number of rotatable bonds is 4. The summed E-state index contributed by atoms with van der Waals surface area (Å²) in [4.78, 5) is 30.7. The van der Waals surface area contributed by atoms with Gasteiger partial charge in [-0.2, -0.15) is 0 Å². The molecule has 1 fully saturated rings. The molecule has 1 aliphatic rings. The first-order valence-electron chi connectivity index (χ1n) is 6.48. The summed E-state index contributed by atoms with van der Waals surface area (Å²) < 4.78 is 0. The van der Waals surface area contributed by atoms with Gasteiger partial charge in [0.1, 0.15) is 0 Å². The van der Waals surface area contributed by atoms with E-state index in [1.807, 2.05) is 5.38 Å². The molecule has 0 aromatic carbocycles. The number of carbonyl (C=O) groups excluding carboxylic acids is 1. The highest BCUT2D eigenvalue weighted by molar-refractivity contribution is 7.13. The lowest BCUT2D eigenvalue weighted by Gasteiger charge is -2.34. The number of hydrogen-bond acceptors (Lipinski definition) is 5. The summed E-state index contributed by atoms with van der Waals surface area (Å²) in [5.74, 6) is -1.48. The quantitative estimate of drug-likeness (QED) is 0.854. The fourth-order valence-electron chi connectivity index (χ4n) is 1.91. The summed E-state index contributed by atoms with van der Waals surface area (Å²) >= 11 is 1.59. The van der Waals surface area contributed by atoms with E-state index in [-0.39, 0.29) is 12.6 Å². The van der Waals surface area contributed by atoms with Gasteiger partial charge in [0.2, 0.25) is 0 Å². The third kappa shape index (κ3) is 3.60. The molecule has 1 aromatic rings. The van der Waals surface area contributed by atoms with E-state index in [2.05, 4.69) is 15.2 Å². The molecule has 110 valence electrons. The van der Waals surface area contributed by atoms with Crippen molar-refractivity contribution in [2.45, 2.75) is 6.92 Å². The summed E-state index contributed by atoms with van der Waals surface area (Å²) in [6, 6.07) is -0.197. The Balaban J connectivity index is 1.76. The highest BCUT2D eigenvalue weighted by Gasteiger charge is 2.23. The normalized spacial score (nSPS) is 16.9. The Morgan fingerprint density at radius 1 is 1.45 bits per heavy atom. The molecular weight excluding hydrogens is 280 g/mol. The summed E-state index contributed by atoms with van der Waals surface area (Å²) in [6.45, 7) is 4.45. The third-order valence-corrected chi connectivity index (χ3v) is 4.07. The van der Waals surface area contributed by atoms with Crippen LogP contribution in [-0.4, -0.2) is 59.7 Å². The van der Waals surface area contributed by atoms with E-state index in [0.717, 1.165) is 18.2 Å². The van der Waals surface area contributed by atoms with Gasteiger partial charge in [-0.05, 0) is 0 Å². The predicted molar refractivity (Wildman–Crippen MR) is 76.1 cm³/mol. The first kappa shape index (κ1) is 14.6. The number of thiazole rings is 1. The van der Waals surface area contributed by atoms with Crippen LogP contribution in [0.1, 0.15) is 6.92 Å². The molecule has 1 atom stereocenters. The molecule has 1 aromatic heterocycles. The number of piperazine rings is 1. The Morgan fingerprint density at radius 2 is 2.15 bits per heavy atom. The van der Waals surface area contributed by atoms with Crippen molar-refractivity contribution in [2.24, 2.45) is 5.92 Å². The smallest absolute Gasteiger partial charge is 0.317 e. The van der Waals surface area contributed by atoms with E-state index >= 15 is 0 Å². The molecule has 8 heteroatoms. The predicted octanol–water partition coefficient (Wildman–Crippen LogP) is 0.695. The maximum absolute atomic E-state index is 11.9. The van der Waals surface area contributed by atoms with Crippen molar-refractivity contribution in [3.63, 3.8) is 0 Å². The Hall–Kier alpha value is -1.83. The van der Waals surface area contributed by atoms with E-state index in [4.69, 9.17) is 5.11 Å². The number of carboxylic acid groups (broad SMARTS) is 1. The molecule has 2 N–H and O–H groups in total. The van der Waals surface area contributed by atoms with Gasteiger partial charge in [-0.1, -0.05) is 6.92 Å². The van der Waals surface area contributed by atoms with Crippen LogP contribution in [-0.2, 0) is 4.79 Å².